The summed E-state index contributed by atoms with van der Waals surface area (Å²) in [4.78, 5) is 29.1. The number of halogens is 1. The van der Waals surface area contributed by atoms with Gasteiger partial charge in [0.2, 0.25) is 5.91 Å². The maximum absolute atomic E-state index is 12.4. The first kappa shape index (κ1) is 24.5. The number of ether oxygens (including phenoxy) is 1. The number of hydrazine groups is 1. The van der Waals surface area contributed by atoms with Gasteiger partial charge >= 0.3 is 6.09 Å². The van der Waals surface area contributed by atoms with E-state index in [1.165, 1.54) is 11.9 Å². The van der Waals surface area contributed by atoms with Crippen LogP contribution >= 0.6 is 11.6 Å². The Bertz CT molecular complexity index is 1110. The lowest BCUT2D eigenvalue weighted by atomic mass is 10.0. The maximum atomic E-state index is 12.4. The van der Waals surface area contributed by atoms with Gasteiger partial charge in [-0.15, -0.1) is 0 Å². The highest BCUT2D eigenvalue weighted by atomic mass is 35.5. The van der Waals surface area contributed by atoms with E-state index in [0.29, 0.717) is 23.8 Å². The van der Waals surface area contributed by atoms with Gasteiger partial charge in [-0.05, 0) is 35.4 Å². The van der Waals surface area contributed by atoms with Crippen LogP contribution in [0.15, 0.2) is 60.8 Å². The van der Waals surface area contributed by atoms with Gasteiger partial charge in [0, 0.05) is 30.1 Å². The van der Waals surface area contributed by atoms with Crippen molar-refractivity contribution in [3.63, 3.8) is 0 Å². The first-order chi connectivity index (χ1) is 15.8. The van der Waals surface area contributed by atoms with Gasteiger partial charge in [-0.2, -0.15) is 0 Å². The molecular formula is C25H29ClN4O3. The fourth-order valence-electron chi connectivity index (χ4n) is 3.57. The van der Waals surface area contributed by atoms with E-state index in [1.54, 1.807) is 18.3 Å². The molecule has 0 radical (unpaired) electrons. The second kappa shape index (κ2) is 11.6. The molecule has 2 amide bonds. The highest BCUT2D eigenvalue weighted by molar-refractivity contribution is 6.31. The van der Waals surface area contributed by atoms with Crippen molar-refractivity contribution in [3.05, 3.63) is 71.4 Å². The lowest BCUT2D eigenvalue weighted by molar-refractivity contribution is -0.136. The molecule has 2 aromatic carbocycles. The number of hydrogen-bond acceptors (Lipinski definition) is 5. The Morgan fingerprint density at radius 2 is 1.79 bits per heavy atom. The minimum Gasteiger partial charge on any atom is -0.447 e. The van der Waals surface area contributed by atoms with Crippen LogP contribution in [0.4, 0.5) is 10.6 Å². The van der Waals surface area contributed by atoms with E-state index >= 15 is 0 Å². The standard InChI is InChI=1S/C25H29ClN4O3/c1-17(2)12-22(30(18(3)31)28-15-21-10-6-7-11-23(21)26)16-33-25(32)29-24-13-19-8-4-5-9-20(19)14-27-24/h4-11,13-14,17,22,28H,12,15-16H2,1-3H3,(H,27,29,32)/t22-/m0/s1. The normalized spacial score (nSPS) is 11.9. The second-order valence-corrected chi connectivity index (χ2v) is 8.65. The second-order valence-electron chi connectivity index (χ2n) is 8.24. The number of rotatable bonds is 9. The van der Waals surface area contributed by atoms with Gasteiger partial charge in [-0.25, -0.2) is 15.2 Å². The third-order valence-electron chi connectivity index (χ3n) is 5.11. The third-order valence-corrected chi connectivity index (χ3v) is 5.48. The Kier molecular flexibility index (Phi) is 8.63. The van der Waals surface area contributed by atoms with Crippen molar-refractivity contribution < 1.29 is 14.3 Å². The van der Waals surface area contributed by atoms with Crippen molar-refractivity contribution >= 4 is 40.2 Å². The molecule has 3 aromatic rings. The van der Waals surface area contributed by atoms with Crippen molar-refractivity contribution in [2.24, 2.45) is 5.92 Å². The smallest absolute Gasteiger partial charge is 0.412 e. The number of nitrogens with zero attached hydrogens (tertiary/aromatic N) is 2. The molecule has 0 unspecified atom stereocenters. The lowest BCUT2D eigenvalue weighted by Gasteiger charge is -2.32. The molecular weight excluding hydrogens is 440 g/mol. The summed E-state index contributed by atoms with van der Waals surface area (Å²) in [5, 5.41) is 6.75. The Balaban J connectivity index is 1.64. The van der Waals surface area contributed by atoms with E-state index in [-0.39, 0.29) is 24.5 Å². The average Bonchev–Trinajstić information content (AvgIpc) is 2.78. The predicted molar refractivity (Wildman–Crippen MR) is 131 cm³/mol. The minimum atomic E-state index is -0.624. The first-order valence-electron chi connectivity index (χ1n) is 10.9. The Morgan fingerprint density at radius 3 is 2.48 bits per heavy atom. The number of carbonyl (C=O) groups excluding carboxylic acids is 2. The molecule has 1 heterocycles. The van der Waals surface area contributed by atoms with E-state index in [0.717, 1.165) is 16.3 Å². The van der Waals surface area contributed by atoms with E-state index in [1.807, 2.05) is 42.5 Å². The zero-order chi connectivity index (χ0) is 23.8. The number of anilines is 1. The average molecular weight is 469 g/mol. The molecule has 1 aromatic heterocycles. The zero-order valence-electron chi connectivity index (χ0n) is 19.0. The summed E-state index contributed by atoms with van der Waals surface area (Å²) in [5.41, 5.74) is 4.02. The first-order valence-corrected chi connectivity index (χ1v) is 11.3. The molecule has 33 heavy (non-hydrogen) atoms. The van der Waals surface area contributed by atoms with Crippen LogP contribution in [-0.4, -0.2) is 34.6 Å². The number of amides is 2. The molecule has 2 N–H and O–H groups in total. The van der Waals surface area contributed by atoms with Crippen molar-refractivity contribution in [2.45, 2.75) is 39.8 Å². The van der Waals surface area contributed by atoms with E-state index < -0.39 is 6.09 Å². The highest BCUT2D eigenvalue weighted by Gasteiger charge is 2.24. The van der Waals surface area contributed by atoms with Crippen molar-refractivity contribution in [1.29, 1.82) is 0 Å². The predicted octanol–water partition coefficient (Wildman–Crippen LogP) is 5.40. The molecule has 0 fully saturated rings. The van der Waals surface area contributed by atoms with Crippen LogP contribution in [0.2, 0.25) is 5.02 Å². The van der Waals surface area contributed by atoms with Crippen LogP contribution in [0.5, 0.6) is 0 Å². The summed E-state index contributed by atoms with van der Waals surface area (Å²) in [6.45, 7) is 6.00. The van der Waals surface area contributed by atoms with Crippen LogP contribution < -0.4 is 10.7 Å². The summed E-state index contributed by atoms with van der Waals surface area (Å²) >= 11 is 6.24. The Morgan fingerprint density at radius 1 is 1.09 bits per heavy atom. The fourth-order valence-corrected chi connectivity index (χ4v) is 3.77. The SMILES string of the molecule is CC(=O)N(NCc1ccccc1Cl)[C@H](COC(=O)Nc1cc2ccccc2cn1)CC(C)C. The number of aromatic nitrogens is 1. The fraction of sp³-hybridized carbons (Fsp3) is 0.320. The van der Waals surface area contributed by atoms with Gasteiger partial charge in [-0.1, -0.05) is 67.9 Å². The molecule has 174 valence electrons. The number of fused-ring (bicyclic) bond motifs is 1. The van der Waals surface area contributed by atoms with Crippen LogP contribution in [-0.2, 0) is 16.1 Å². The van der Waals surface area contributed by atoms with Gasteiger partial charge in [0.25, 0.3) is 0 Å². The molecule has 0 bridgehead atoms. The van der Waals surface area contributed by atoms with E-state index in [9.17, 15) is 9.59 Å². The molecule has 0 saturated carbocycles. The third kappa shape index (κ3) is 7.17. The van der Waals surface area contributed by atoms with Gasteiger partial charge < -0.3 is 4.74 Å². The molecule has 1 atom stereocenters. The zero-order valence-corrected chi connectivity index (χ0v) is 19.8. The summed E-state index contributed by atoms with van der Waals surface area (Å²) in [6.07, 6.45) is 1.72. The number of nitrogens with one attached hydrogen (secondary N) is 2. The number of carbonyl (C=O) groups is 2. The molecule has 7 nitrogen and oxygen atoms in total. The summed E-state index contributed by atoms with van der Waals surface area (Å²) in [7, 11) is 0. The molecule has 3 rings (SSSR count). The van der Waals surface area contributed by atoms with Gasteiger partial charge in [0.05, 0.1) is 6.04 Å². The van der Waals surface area contributed by atoms with E-state index in [2.05, 4.69) is 29.6 Å². The molecule has 0 spiro atoms. The van der Waals surface area contributed by atoms with Crippen LogP contribution in [0.1, 0.15) is 32.8 Å². The largest absolute Gasteiger partial charge is 0.447 e. The number of pyridine rings is 1. The Labute approximate surface area is 199 Å². The molecule has 8 heteroatoms. The van der Waals surface area contributed by atoms with Crippen LogP contribution in [0, 0.1) is 5.92 Å². The monoisotopic (exact) mass is 468 g/mol. The lowest BCUT2D eigenvalue weighted by Crippen LogP contribution is -2.51. The van der Waals surface area contributed by atoms with Gasteiger partial charge in [-0.3, -0.25) is 15.1 Å². The van der Waals surface area contributed by atoms with E-state index in [4.69, 9.17) is 16.3 Å². The van der Waals surface area contributed by atoms with Crippen molar-refractivity contribution in [3.8, 4) is 0 Å². The molecule has 0 aliphatic heterocycles. The molecule has 0 aliphatic rings. The molecule has 0 aliphatic carbocycles. The topological polar surface area (TPSA) is 83.6 Å². The maximum Gasteiger partial charge on any atom is 0.412 e. The van der Waals surface area contributed by atoms with Gasteiger partial charge in [0.15, 0.2) is 0 Å². The van der Waals surface area contributed by atoms with Crippen LogP contribution in [0.3, 0.4) is 0 Å². The van der Waals surface area contributed by atoms with Crippen LogP contribution in [0.25, 0.3) is 10.8 Å². The summed E-state index contributed by atoms with van der Waals surface area (Å²) in [5.74, 6) is 0.514. The molecule has 0 saturated heterocycles. The number of benzene rings is 2. The highest BCUT2D eigenvalue weighted by Crippen LogP contribution is 2.18. The Hall–Kier alpha value is -3.16. The number of hydrogen-bond donors (Lipinski definition) is 2. The minimum absolute atomic E-state index is 0.0344. The van der Waals surface area contributed by atoms with Crippen molar-refractivity contribution in [2.75, 3.05) is 11.9 Å². The quantitative estimate of drug-likeness (QED) is 0.410. The summed E-state index contributed by atoms with van der Waals surface area (Å²) in [6, 6.07) is 16.6. The van der Waals surface area contributed by atoms with Gasteiger partial charge in [0.1, 0.15) is 12.4 Å². The van der Waals surface area contributed by atoms with Crippen molar-refractivity contribution in [1.82, 2.24) is 15.4 Å². The summed E-state index contributed by atoms with van der Waals surface area (Å²) < 4.78 is 5.48.